The second-order valence-corrected chi connectivity index (χ2v) is 5.12. The van der Waals surface area contributed by atoms with Gasteiger partial charge in [-0.2, -0.15) is 0 Å². The van der Waals surface area contributed by atoms with Gasteiger partial charge < -0.3 is 0 Å². The van der Waals surface area contributed by atoms with Gasteiger partial charge in [-0.3, -0.25) is 0 Å². The minimum Gasteiger partial charge on any atom is -0.0916 e. The predicted molar refractivity (Wildman–Crippen MR) is 75.3 cm³/mol. The largest absolute Gasteiger partial charge is 0.161 e. The lowest BCUT2D eigenvalue weighted by molar-refractivity contribution is 1.11. The van der Waals surface area contributed by atoms with Gasteiger partial charge in [-0.05, 0) is 17.2 Å². The Hall–Kier alpha value is -1.24. The fourth-order valence-corrected chi connectivity index (χ4v) is 1.90. The molecule has 0 N–H and O–H groups in total. The van der Waals surface area contributed by atoms with E-state index < -0.39 is 4.33 Å². The molecule has 86 valence electrons. The Kier molecular flexibility index (Phi) is 3.88. The first-order valence-corrected chi connectivity index (χ1v) is 6.12. The Balaban J connectivity index is 2.21. The molecule has 0 saturated carbocycles. The molecule has 2 rings (SSSR count). The summed E-state index contributed by atoms with van der Waals surface area (Å²) in [6.07, 6.45) is 3.72. The molecule has 0 heterocycles. The molecule has 2 aromatic carbocycles. The highest BCUT2D eigenvalue weighted by atomic mass is 35.5. The van der Waals surface area contributed by atoms with Gasteiger partial charge in [0.15, 0.2) is 4.33 Å². The second-order valence-electron chi connectivity index (χ2n) is 3.73. The van der Waals surface area contributed by atoms with Crippen molar-refractivity contribution in [2.75, 3.05) is 0 Å². The Morgan fingerprint density at radius 1 is 0.765 bits per heavy atom. The van der Waals surface area contributed by atoms with Crippen LogP contribution in [0.25, 0.3) is 6.08 Å². The summed E-state index contributed by atoms with van der Waals surface area (Å²) in [5.74, 6) is 0. The molecule has 0 atom stereocenters. The van der Waals surface area contributed by atoms with Crippen LogP contribution in [0.4, 0.5) is 0 Å². The van der Waals surface area contributed by atoms with Crippen molar-refractivity contribution < 1.29 is 0 Å². The molecule has 2 heteroatoms. The van der Waals surface area contributed by atoms with Crippen molar-refractivity contribution in [3.63, 3.8) is 0 Å². The van der Waals surface area contributed by atoms with Crippen molar-refractivity contribution in [2.24, 2.45) is 0 Å². The number of halogens is 2. The summed E-state index contributed by atoms with van der Waals surface area (Å²) in [6, 6.07) is 19.5. The van der Waals surface area contributed by atoms with Crippen LogP contribution in [0.1, 0.15) is 11.1 Å². The molecule has 0 bridgehead atoms. The summed E-state index contributed by atoms with van der Waals surface area (Å²) in [5.41, 5.74) is 1.95. The molecule has 0 aliphatic carbocycles. The van der Waals surface area contributed by atoms with E-state index in [1.54, 1.807) is 6.08 Å². The molecule has 0 aliphatic rings. The van der Waals surface area contributed by atoms with Gasteiger partial charge >= 0.3 is 0 Å². The highest BCUT2D eigenvalue weighted by Crippen LogP contribution is 2.35. The van der Waals surface area contributed by atoms with Crippen molar-refractivity contribution in [2.45, 2.75) is 4.33 Å². The Labute approximate surface area is 112 Å². The summed E-state index contributed by atoms with van der Waals surface area (Å²) in [4.78, 5) is 0. The molecule has 0 spiro atoms. The Morgan fingerprint density at radius 3 is 1.88 bits per heavy atom. The first-order valence-electron chi connectivity index (χ1n) is 5.36. The predicted octanol–water partition coefficient (Wildman–Crippen LogP) is 5.03. The van der Waals surface area contributed by atoms with Crippen LogP contribution >= 0.6 is 23.2 Å². The summed E-state index contributed by atoms with van der Waals surface area (Å²) in [7, 11) is 0. The molecular weight excluding hydrogens is 251 g/mol. The second kappa shape index (κ2) is 5.39. The van der Waals surface area contributed by atoms with Crippen molar-refractivity contribution in [1.29, 1.82) is 0 Å². The normalized spacial score (nSPS) is 11.9. The van der Waals surface area contributed by atoms with Crippen LogP contribution in [-0.4, -0.2) is 0 Å². The van der Waals surface area contributed by atoms with E-state index >= 15 is 0 Å². The van der Waals surface area contributed by atoms with Crippen LogP contribution in [0, 0.1) is 0 Å². The standard InChI is InChI=1S/C15H12Cl2/c16-15(17,14-9-5-2-6-10-14)12-11-13-7-3-1-4-8-13/h1-12H. The SMILES string of the molecule is ClC(Cl)(C=Cc1ccccc1)c1ccccc1. The van der Waals surface area contributed by atoms with E-state index in [0.717, 1.165) is 11.1 Å². The monoisotopic (exact) mass is 262 g/mol. The summed E-state index contributed by atoms with van der Waals surface area (Å²) < 4.78 is -0.989. The topological polar surface area (TPSA) is 0 Å². The number of hydrogen-bond acceptors (Lipinski definition) is 0. The van der Waals surface area contributed by atoms with Crippen LogP contribution in [0.3, 0.4) is 0 Å². The molecule has 0 radical (unpaired) electrons. The van der Waals surface area contributed by atoms with Crippen LogP contribution in [0.15, 0.2) is 66.7 Å². The van der Waals surface area contributed by atoms with Crippen LogP contribution in [0.5, 0.6) is 0 Å². The zero-order chi connectivity index (χ0) is 12.1. The Morgan fingerprint density at radius 2 is 1.29 bits per heavy atom. The van der Waals surface area contributed by atoms with E-state index in [4.69, 9.17) is 23.2 Å². The molecule has 0 aromatic heterocycles. The van der Waals surface area contributed by atoms with Crippen LogP contribution in [-0.2, 0) is 4.33 Å². The molecule has 0 fully saturated rings. The van der Waals surface area contributed by atoms with Gasteiger partial charge in [0.2, 0.25) is 0 Å². The first kappa shape index (κ1) is 12.2. The molecule has 17 heavy (non-hydrogen) atoms. The zero-order valence-corrected chi connectivity index (χ0v) is 10.7. The van der Waals surface area contributed by atoms with Crippen molar-refractivity contribution in [3.8, 4) is 0 Å². The maximum Gasteiger partial charge on any atom is 0.161 e. The van der Waals surface area contributed by atoms with Gasteiger partial charge in [0, 0.05) is 0 Å². The molecule has 2 aromatic rings. The third-order valence-corrected chi connectivity index (χ3v) is 3.13. The minimum absolute atomic E-state index is 0.871. The number of allylic oxidation sites excluding steroid dienone is 1. The van der Waals surface area contributed by atoms with Crippen molar-refractivity contribution in [1.82, 2.24) is 0 Å². The maximum absolute atomic E-state index is 6.29. The fourth-order valence-electron chi connectivity index (χ4n) is 1.52. The lowest BCUT2D eigenvalue weighted by atomic mass is 10.1. The maximum atomic E-state index is 6.29. The van der Waals surface area contributed by atoms with Gasteiger partial charge in [-0.15, -0.1) is 0 Å². The lowest BCUT2D eigenvalue weighted by Crippen LogP contribution is -2.05. The quantitative estimate of drug-likeness (QED) is 0.681. The highest BCUT2D eigenvalue weighted by Gasteiger charge is 2.22. The van der Waals surface area contributed by atoms with Crippen LogP contribution in [0.2, 0.25) is 0 Å². The molecule has 0 saturated heterocycles. The van der Waals surface area contributed by atoms with E-state index in [0.29, 0.717) is 0 Å². The smallest absolute Gasteiger partial charge is 0.0916 e. The summed E-state index contributed by atoms with van der Waals surface area (Å²) in [5, 5.41) is 0. The van der Waals surface area contributed by atoms with Gasteiger partial charge in [0.25, 0.3) is 0 Å². The van der Waals surface area contributed by atoms with Gasteiger partial charge in [-0.25, -0.2) is 0 Å². The highest BCUT2D eigenvalue weighted by molar-refractivity contribution is 6.49. The van der Waals surface area contributed by atoms with E-state index in [2.05, 4.69) is 0 Å². The zero-order valence-electron chi connectivity index (χ0n) is 9.18. The van der Waals surface area contributed by atoms with E-state index in [-0.39, 0.29) is 0 Å². The number of rotatable bonds is 3. The van der Waals surface area contributed by atoms with Gasteiger partial charge in [0.1, 0.15) is 0 Å². The molecular formula is C15H12Cl2. The number of hydrogen-bond donors (Lipinski definition) is 0. The van der Waals surface area contributed by atoms with E-state index in [1.165, 1.54) is 0 Å². The molecule has 0 nitrogen and oxygen atoms in total. The third kappa shape index (κ3) is 3.36. The Bertz CT molecular complexity index is 487. The first-order chi connectivity index (χ1) is 8.18. The summed E-state index contributed by atoms with van der Waals surface area (Å²) in [6.45, 7) is 0. The van der Waals surface area contributed by atoms with Crippen molar-refractivity contribution >= 4 is 29.3 Å². The summed E-state index contributed by atoms with van der Waals surface area (Å²) >= 11 is 12.6. The average Bonchev–Trinajstić information content (AvgIpc) is 2.39. The van der Waals surface area contributed by atoms with E-state index in [1.807, 2.05) is 66.7 Å². The number of alkyl halides is 2. The number of benzene rings is 2. The lowest BCUT2D eigenvalue weighted by Gasteiger charge is -2.15. The molecule has 0 aliphatic heterocycles. The minimum atomic E-state index is -0.989. The molecule has 0 amide bonds. The average molecular weight is 263 g/mol. The van der Waals surface area contributed by atoms with Crippen LogP contribution < -0.4 is 0 Å². The van der Waals surface area contributed by atoms with Gasteiger partial charge in [-0.1, -0.05) is 89.9 Å². The fraction of sp³-hybridized carbons (Fsp3) is 0.0667. The molecule has 0 unspecified atom stereocenters. The van der Waals surface area contributed by atoms with E-state index in [9.17, 15) is 0 Å². The third-order valence-electron chi connectivity index (χ3n) is 2.44. The van der Waals surface area contributed by atoms with Crippen molar-refractivity contribution in [3.05, 3.63) is 77.9 Å². The van der Waals surface area contributed by atoms with Gasteiger partial charge in [0.05, 0.1) is 0 Å².